The third-order valence-electron chi connectivity index (χ3n) is 4.24. The summed E-state index contributed by atoms with van der Waals surface area (Å²) in [5.74, 6) is -0.238. The molecule has 158 valence electrons. The van der Waals surface area contributed by atoms with Crippen LogP contribution in [0, 0.1) is 11.6 Å². The first-order valence-electron chi connectivity index (χ1n) is 8.90. The lowest BCUT2D eigenvalue weighted by Gasteiger charge is -2.15. The first kappa shape index (κ1) is 21.5. The molecule has 0 saturated heterocycles. The van der Waals surface area contributed by atoms with Crippen molar-refractivity contribution >= 4 is 22.4 Å². The van der Waals surface area contributed by atoms with E-state index in [1.54, 1.807) is 18.3 Å². The van der Waals surface area contributed by atoms with Gasteiger partial charge in [-0.3, -0.25) is 4.79 Å². The number of carbonyl (C=O) groups is 1. The summed E-state index contributed by atoms with van der Waals surface area (Å²) in [7, 11) is 4.49. The predicted octanol–water partition coefficient (Wildman–Crippen LogP) is 4.22. The van der Waals surface area contributed by atoms with E-state index in [1.807, 2.05) is 0 Å². The Hall–Kier alpha value is -3.20. The number of amides is 1. The molecule has 0 radical (unpaired) electrons. The quantitative estimate of drug-likeness (QED) is 0.575. The lowest BCUT2D eigenvalue weighted by atomic mass is 10.1. The number of benzene rings is 2. The van der Waals surface area contributed by atoms with E-state index < -0.39 is 11.6 Å². The Balaban J connectivity index is 1.69. The number of aromatic nitrogens is 1. The molecule has 1 aromatic heterocycles. The van der Waals surface area contributed by atoms with E-state index in [-0.39, 0.29) is 12.3 Å². The number of rotatable bonds is 8. The minimum absolute atomic E-state index is 0.0353. The molecule has 3 aromatic rings. The Bertz CT molecular complexity index is 1040. The third-order valence-corrected chi connectivity index (χ3v) is 5.15. The summed E-state index contributed by atoms with van der Waals surface area (Å²) in [4.78, 5) is 17.4. The first-order chi connectivity index (χ1) is 14.4. The van der Waals surface area contributed by atoms with Crippen molar-refractivity contribution in [2.24, 2.45) is 0 Å². The molecule has 1 amide bonds. The number of ether oxygens (including phenoxy) is 3. The standard InChI is InChI=1S/C21H20F2N2O4S/c1-27-17-5-4-13(19(28-2)20(17)29-3)9-18(26)25-21-24-11-16(30-21)8-12-6-14(22)10-15(23)7-12/h4-7,10-11H,8-9H2,1-3H3,(H,24,25,26). The minimum atomic E-state index is -0.632. The van der Waals surface area contributed by atoms with Crippen molar-refractivity contribution in [2.75, 3.05) is 26.6 Å². The van der Waals surface area contributed by atoms with Crippen LogP contribution in [0.2, 0.25) is 0 Å². The maximum Gasteiger partial charge on any atom is 0.230 e. The van der Waals surface area contributed by atoms with Gasteiger partial charge in [0.05, 0.1) is 27.8 Å². The van der Waals surface area contributed by atoms with Crippen molar-refractivity contribution in [3.05, 3.63) is 64.2 Å². The van der Waals surface area contributed by atoms with Gasteiger partial charge in [0.2, 0.25) is 11.7 Å². The molecule has 0 aliphatic carbocycles. The number of halogens is 2. The van der Waals surface area contributed by atoms with E-state index in [4.69, 9.17) is 14.2 Å². The zero-order valence-corrected chi connectivity index (χ0v) is 17.4. The number of nitrogens with one attached hydrogen (secondary N) is 1. The second kappa shape index (κ2) is 9.53. The molecule has 1 N–H and O–H groups in total. The van der Waals surface area contributed by atoms with E-state index in [2.05, 4.69) is 10.3 Å². The highest BCUT2D eigenvalue weighted by Crippen LogP contribution is 2.40. The SMILES string of the molecule is COc1ccc(CC(=O)Nc2ncc(Cc3cc(F)cc(F)c3)s2)c(OC)c1OC. The van der Waals surface area contributed by atoms with Gasteiger partial charge in [0.15, 0.2) is 16.6 Å². The van der Waals surface area contributed by atoms with Crippen molar-refractivity contribution in [1.29, 1.82) is 0 Å². The van der Waals surface area contributed by atoms with Gasteiger partial charge >= 0.3 is 0 Å². The summed E-state index contributed by atoms with van der Waals surface area (Å²) in [6.07, 6.45) is 1.92. The van der Waals surface area contributed by atoms with Gasteiger partial charge in [0.1, 0.15) is 11.6 Å². The summed E-state index contributed by atoms with van der Waals surface area (Å²) < 4.78 is 42.6. The largest absolute Gasteiger partial charge is 0.493 e. The minimum Gasteiger partial charge on any atom is -0.493 e. The maximum absolute atomic E-state index is 13.3. The lowest BCUT2D eigenvalue weighted by molar-refractivity contribution is -0.115. The summed E-state index contributed by atoms with van der Waals surface area (Å²) >= 11 is 1.24. The lowest BCUT2D eigenvalue weighted by Crippen LogP contribution is -2.15. The van der Waals surface area contributed by atoms with Crippen LogP contribution in [0.15, 0.2) is 36.5 Å². The summed E-state index contributed by atoms with van der Waals surface area (Å²) in [6.45, 7) is 0. The molecule has 0 spiro atoms. The zero-order valence-electron chi connectivity index (χ0n) is 16.6. The van der Waals surface area contributed by atoms with Gasteiger partial charge in [-0.1, -0.05) is 6.07 Å². The van der Waals surface area contributed by atoms with Gasteiger partial charge in [0.25, 0.3) is 0 Å². The molecule has 0 atom stereocenters. The van der Waals surface area contributed by atoms with Crippen LogP contribution < -0.4 is 19.5 Å². The molecule has 0 unspecified atom stereocenters. The van der Waals surface area contributed by atoms with Gasteiger partial charge in [-0.05, 0) is 23.8 Å². The van der Waals surface area contributed by atoms with Crippen LogP contribution in [0.4, 0.5) is 13.9 Å². The van der Waals surface area contributed by atoms with Crippen molar-refractivity contribution < 1.29 is 27.8 Å². The average molecular weight is 434 g/mol. The van der Waals surface area contributed by atoms with Gasteiger partial charge < -0.3 is 19.5 Å². The summed E-state index contributed by atoms with van der Waals surface area (Å²) in [5.41, 5.74) is 1.11. The zero-order chi connectivity index (χ0) is 21.7. The summed E-state index contributed by atoms with van der Waals surface area (Å²) in [5, 5.41) is 3.12. The molecule has 30 heavy (non-hydrogen) atoms. The van der Waals surface area contributed by atoms with Gasteiger partial charge in [-0.25, -0.2) is 13.8 Å². The fourth-order valence-electron chi connectivity index (χ4n) is 3.00. The third kappa shape index (κ3) is 5.04. The molecule has 0 fully saturated rings. The molecule has 3 rings (SSSR count). The van der Waals surface area contributed by atoms with E-state index >= 15 is 0 Å². The van der Waals surface area contributed by atoms with Crippen LogP contribution in [-0.4, -0.2) is 32.2 Å². The molecule has 9 heteroatoms. The molecular weight excluding hydrogens is 414 g/mol. The highest BCUT2D eigenvalue weighted by Gasteiger charge is 2.18. The molecule has 0 saturated carbocycles. The number of carbonyl (C=O) groups excluding carboxylic acids is 1. The van der Waals surface area contributed by atoms with Crippen molar-refractivity contribution in [3.8, 4) is 17.2 Å². The molecule has 6 nitrogen and oxygen atoms in total. The Morgan fingerprint density at radius 3 is 2.37 bits per heavy atom. The predicted molar refractivity (Wildman–Crippen MR) is 110 cm³/mol. The van der Waals surface area contributed by atoms with Crippen LogP contribution in [0.25, 0.3) is 0 Å². The number of hydrogen-bond donors (Lipinski definition) is 1. The number of methoxy groups -OCH3 is 3. The topological polar surface area (TPSA) is 69.7 Å². The number of thiazole rings is 1. The van der Waals surface area contributed by atoms with E-state index in [0.29, 0.717) is 39.9 Å². The van der Waals surface area contributed by atoms with Gasteiger partial charge in [-0.2, -0.15) is 0 Å². The highest BCUT2D eigenvalue weighted by molar-refractivity contribution is 7.15. The highest BCUT2D eigenvalue weighted by atomic mass is 32.1. The molecule has 2 aromatic carbocycles. The maximum atomic E-state index is 13.3. The van der Waals surface area contributed by atoms with Crippen LogP contribution in [0.1, 0.15) is 16.0 Å². The fraction of sp³-hybridized carbons (Fsp3) is 0.238. The Morgan fingerprint density at radius 1 is 1.03 bits per heavy atom. The van der Waals surface area contributed by atoms with E-state index in [0.717, 1.165) is 10.9 Å². The number of anilines is 1. The molecule has 0 aliphatic heterocycles. The Labute approximate surface area is 176 Å². The Kier molecular flexibility index (Phi) is 6.83. The van der Waals surface area contributed by atoms with Crippen LogP contribution in [0.3, 0.4) is 0 Å². The normalized spacial score (nSPS) is 10.6. The second-order valence-electron chi connectivity index (χ2n) is 6.30. The second-order valence-corrected chi connectivity index (χ2v) is 7.42. The van der Waals surface area contributed by atoms with Crippen LogP contribution in [0.5, 0.6) is 17.2 Å². The number of nitrogens with zero attached hydrogens (tertiary/aromatic N) is 1. The smallest absolute Gasteiger partial charge is 0.230 e. The van der Waals surface area contributed by atoms with Crippen LogP contribution >= 0.6 is 11.3 Å². The van der Waals surface area contributed by atoms with Gasteiger partial charge in [0, 0.05) is 29.1 Å². The van der Waals surface area contributed by atoms with Crippen molar-refractivity contribution in [1.82, 2.24) is 4.98 Å². The first-order valence-corrected chi connectivity index (χ1v) is 9.72. The van der Waals surface area contributed by atoms with Crippen LogP contribution in [-0.2, 0) is 17.6 Å². The summed E-state index contributed by atoms with van der Waals surface area (Å²) in [6, 6.07) is 6.79. The van der Waals surface area contributed by atoms with E-state index in [9.17, 15) is 13.6 Å². The Morgan fingerprint density at radius 2 is 1.73 bits per heavy atom. The number of hydrogen-bond acceptors (Lipinski definition) is 6. The van der Waals surface area contributed by atoms with Crippen molar-refractivity contribution in [2.45, 2.75) is 12.8 Å². The van der Waals surface area contributed by atoms with Gasteiger partial charge in [-0.15, -0.1) is 11.3 Å². The molecule has 0 aliphatic rings. The molecule has 1 heterocycles. The monoisotopic (exact) mass is 434 g/mol. The fourth-order valence-corrected chi connectivity index (χ4v) is 3.86. The van der Waals surface area contributed by atoms with Crippen molar-refractivity contribution in [3.63, 3.8) is 0 Å². The molecular formula is C21H20F2N2O4S. The molecule has 0 bridgehead atoms. The van der Waals surface area contributed by atoms with E-state index in [1.165, 1.54) is 44.8 Å². The average Bonchev–Trinajstić information content (AvgIpc) is 3.12.